The zero-order chi connectivity index (χ0) is 29.3. The minimum absolute atomic E-state index is 0.328. The summed E-state index contributed by atoms with van der Waals surface area (Å²) in [5, 5.41) is 10.4. The molecule has 0 atom stereocenters. The molecule has 1 amide bonds. The number of ether oxygens (including phenoxy) is 1. The lowest BCUT2D eigenvalue weighted by Gasteiger charge is -2.40. The SMILES string of the molecule is CC(C)(C)NC(=O)O.CCOC(=O)C(F)(F)C(F)(F)C(F)(F)C(F)(F)C(F)(F)C(F)(F)C(F)(F)F. The zero-order valence-electron chi connectivity index (χ0n) is 17.5. The van der Waals surface area contributed by atoms with E-state index in [1.54, 1.807) is 20.8 Å². The van der Waals surface area contributed by atoms with Crippen LogP contribution in [0.3, 0.4) is 0 Å². The predicted molar refractivity (Wildman–Crippen MR) is 83.3 cm³/mol. The van der Waals surface area contributed by atoms with Gasteiger partial charge in [0.2, 0.25) is 0 Å². The Kier molecular flexibility index (Phi) is 9.94. The van der Waals surface area contributed by atoms with Gasteiger partial charge in [-0.25, -0.2) is 9.59 Å². The number of carboxylic acid groups (broad SMARTS) is 1. The molecule has 2 N–H and O–H groups in total. The maximum atomic E-state index is 13.1. The molecule has 0 spiro atoms. The highest BCUT2D eigenvalue weighted by molar-refractivity contribution is 5.79. The molecule has 35 heavy (non-hydrogen) atoms. The van der Waals surface area contributed by atoms with Crippen LogP contribution in [0.15, 0.2) is 0 Å². The Morgan fingerprint density at radius 2 is 0.971 bits per heavy atom. The van der Waals surface area contributed by atoms with E-state index in [1.165, 1.54) is 0 Å². The molecule has 20 heteroatoms. The molecule has 0 rings (SSSR count). The normalized spacial score (nSPS) is 14.6. The largest absolute Gasteiger partial charge is 0.465 e. The summed E-state index contributed by atoms with van der Waals surface area (Å²) in [4.78, 5) is 20.4. The molecule has 0 aromatic carbocycles. The van der Waals surface area contributed by atoms with Crippen LogP contribution in [0.1, 0.15) is 27.7 Å². The number of halogens is 15. The molecule has 0 aliphatic heterocycles. The highest BCUT2D eigenvalue weighted by Gasteiger charge is 2.94. The van der Waals surface area contributed by atoms with Crippen molar-refractivity contribution in [3.05, 3.63) is 0 Å². The molecule has 0 heterocycles. The van der Waals surface area contributed by atoms with Crippen molar-refractivity contribution < 1.29 is 85.3 Å². The van der Waals surface area contributed by atoms with E-state index in [0.717, 1.165) is 0 Å². The van der Waals surface area contributed by atoms with Crippen molar-refractivity contribution >= 4 is 12.1 Å². The van der Waals surface area contributed by atoms with Gasteiger partial charge in [0.05, 0.1) is 6.61 Å². The number of carbonyl (C=O) groups is 2. The van der Waals surface area contributed by atoms with Crippen LogP contribution in [0, 0.1) is 0 Å². The van der Waals surface area contributed by atoms with Crippen LogP contribution in [0.2, 0.25) is 0 Å². The van der Waals surface area contributed by atoms with Gasteiger partial charge in [0, 0.05) is 5.54 Å². The van der Waals surface area contributed by atoms with Gasteiger partial charge in [0.15, 0.2) is 0 Å². The zero-order valence-corrected chi connectivity index (χ0v) is 17.5. The van der Waals surface area contributed by atoms with Crippen molar-refractivity contribution in [2.24, 2.45) is 0 Å². The maximum Gasteiger partial charge on any atom is 0.460 e. The van der Waals surface area contributed by atoms with Crippen LogP contribution in [0.4, 0.5) is 70.7 Å². The van der Waals surface area contributed by atoms with Crippen molar-refractivity contribution in [3.63, 3.8) is 0 Å². The van der Waals surface area contributed by atoms with E-state index in [9.17, 15) is 75.4 Å². The summed E-state index contributed by atoms with van der Waals surface area (Å²) in [6.07, 6.45) is -8.65. The van der Waals surface area contributed by atoms with Crippen molar-refractivity contribution in [2.75, 3.05) is 6.61 Å². The van der Waals surface area contributed by atoms with E-state index < -0.39 is 60.4 Å². The summed E-state index contributed by atoms with van der Waals surface area (Å²) in [5.41, 5.74) is -0.328. The number of rotatable bonds is 7. The molecule has 0 aromatic heterocycles. The van der Waals surface area contributed by atoms with Gasteiger partial charge in [0.25, 0.3) is 0 Å². The van der Waals surface area contributed by atoms with Gasteiger partial charge in [-0.15, -0.1) is 0 Å². The first-order chi connectivity index (χ1) is 14.9. The second-order valence-corrected chi connectivity index (χ2v) is 7.34. The maximum absolute atomic E-state index is 13.1. The lowest BCUT2D eigenvalue weighted by atomic mass is 9.91. The summed E-state index contributed by atoms with van der Waals surface area (Å²) in [6.45, 7) is 4.76. The minimum atomic E-state index is -8.42. The summed E-state index contributed by atoms with van der Waals surface area (Å²) in [7, 11) is 0. The molecular formula is C15H16F15NO4. The van der Waals surface area contributed by atoms with Gasteiger partial charge in [-0.1, -0.05) is 0 Å². The van der Waals surface area contributed by atoms with Crippen molar-refractivity contribution in [3.8, 4) is 0 Å². The van der Waals surface area contributed by atoms with Crippen LogP contribution >= 0.6 is 0 Å². The van der Waals surface area contributed by atoms with Crippen LogP contribution in [-0.2, 0) is 9.53 Å². The highest BCUT2D eigenvalue weighted by Crippen LogP contribution is 2.62. The topological polar surface area (TPSA) is 75.6 Å². The van der Waals surface area contributed by atoms with Gasteiger partial charge in [-0.3, -0.25) is 0 Å². The number of nitrogens with one attached hydrogen (secondary N) is 1. The molecule has 0 unspecified atom stereocenters. The third-order valence-electron chi connectivity index (χ3n) is 3.34. The van der Waals surface area contributed by atoms with Gasteiger partial charge < -0.3 is 15.2 Å². The second-order valence-electron chi connectivity index (χ2n) is 7.34. The van der Waals surface area contributed by atoms with Gasteiger partial charge in [-0.2, -0.15) is 65.9 Å². The monoisotopic (exact) mass is 559 g/mol. The third kappa shape index (κ3) is 6.47. The van der Waals surface area contributed by atoms with Crippen LogP contribution in [-0.4, -0.2) is 71.0 Å². The Morgan fingerprint density at radius 1 is 0.657 bits per heavy atom. The average Bonchev–Trinajstić information content (AvgIpc) is 2.58. The second kappa shape index (κ2) is 9.98. The molecule has 0 aliphatic carbocycles. The Bertz CT molecular complexity index is 756. The molecule has 210 valence electrons. The molecular weight excluding hydrogens is 543 g/mol. The summed E-state index contributed by atoms with van der Waals surface area (Å²) in [6, 6.07) is 0. The highest BCUT2D eigenvalue weighted by atomic mass is 19.4. The Morgan fingerprint density at radius 3 is 1.20 bits per heavy atom. The fraction of sp³-hybridized carbons (Fsp3) is 0.867. The molecule has 0 aliphatic rings. The van der Waals surface area contributed by atoms with E-state index in [0.29, 0.717) is 6.92 Å². The van der Waals surface area contributed by atoms with E-state index in [-0.39, 0.29) is 5.54 Å². The van der Waals surface area contributed by atoms with E-state index in [4.69, 9.17) is 5.11 Å². The molecule has 0 saturated heterocycles. The fourth-order valence-electron chi connectivity index (χ4n) is 1.64. The van der Waals surface area contributed by atoms with Crippen LogP contribution in [0.25, 0.3) is 0 Å². The van der Waals surface area contributed by atoms with E-state index >= 15 is 0 Å². The first kappa shape index (κ1) is 34.9. The lowest BCUT2D eigenvalue weighted by Crippen LogP contribution is -2.73. The summed E-state index contributed by atoms with van der Waals surface area (Å²) >= 11 is 0. The van der Waals surface area contributed by atoms with Crippen molar-refractivity contribution in [1.82, 2.24) is 5.32 Å². The Labute approximate surface area is 185 Å². The predicted octanol–water partition coefficient (Wildman–Crippen LogP) is 5.98. The standard InChI is InChI=1S/C10H5F15O2.C5H11NO2/c1-2-27-3(26)4(11,12)5(13,14)6(15,16)7(17,18)8(19,20)9(21,22)10(23,24)25;1-5(2,3)6-4(7)8/h2H2,1H3;6H,1-3H3,(H,7,8). The first-order valence-electron chi connectivity index (χ1n) is 8.42. The molecule has 0 radical (unpaired) electrons. The number of alkyl halides is 15. The number of amides is 1. The molecule has 5 nitrogen and oxygen atoms in total. The first-order valence-corrected chi connectivity index (χ1v) is 8.42. The number of carbonyl (C=O) groups excluding carboxylic acids is 1. The van der Waals surface area contributed by atoms with E-state index in [1.807, 2.05) is 0 Å². The summed E-state index contributed by atoms with van der Waals surface area (Å²) < 4.78 is 194. The molecule has 0 aromatic rings. The van der Waals surface area contributed by atoms with Crippen molar-refractivity contribution in [1.29, 1.82) is 0 Å². The average molecular weight is 559 g/mol. The van der Waals surface area contributed by atoms with E-state index in [2.05, 4.69) is 10.1 Å². The quantitative estimate of drug-likeness (QED) is 0.298. The number of hydrogen-bond donors (Lipinski definition) is 2. The van der Waals surface area contributed by atoms with Gasteiger partial charge in [0.1, 0.15) is 0 Å². The van der Waals surface area contributed by atoms with Crippen molar-refractivity contribution in [2.45, 2.75) is 74.9 Å². The number of hydrogen-bond acceptors (Lipinski definition) is 3. The van der Waals surface area contributed by atoms with Gasteiger partial charge in [-0.05, 0) is 27.7 Å². The fourth-order valence-corrected chi connectivity index (χ4v) is 1.64. The third-order valence-corrected chi connectivity index (χ3v) is 3.34. The Hall–Kier alpha value is -2.31. The van der Waals surface area contributed by atoms with Crippen LogP contribution in [0.5, 0.6) is 0 Å². The van der Waals surface area contributed by atoms with Crippen LogP contribution < -0.4 is 5.32 Å². The molecule has 0 bridgehead atoms. The lowest BCUT2D eigenvalue weighted by molar-refractivity contribution is -0.450. The number of esters is 1. The smallest absolute Gasteiger partial charge is 0.460 e. The minimum Gasteiger partial charge on any atom is -0.465 e. The Balaban J connectivity index is 0. The molecule has 0 fully saturated rings. The van der Waals surface area contributed by atoms with Gasteiger partial charge >= 0.3 is 53.8 Å². The molecule has 0 saturated carbocycles. The summed E-state index contributed by atoms with van der Waals surface area (Å²) in [5.74, 6) is -51.6.